The van der Waals surface area contributed by atoms with Gasteiger partial charge in [0.15, 0.2) is 17.7 Å². The fourth-order valence-electron chi connectivity index (χ4n) is 5.03. The second-order valence-corrected chi connectivity index (χ2v) is 9.24. The summed E-state index contributed by atoms with van der Waals surface area (Å²) in [7, 11) is 0. The van der Waals surface area contributed by atoms with Crippen molar-refractivity contribution in [2.45, 2.75) is 52.2 Å². The summed E-state index contributed by atoms with van der Waals surface area (Å²) in [5.74, 6) is -0.789. The maximum atomic E-state index is 15.3. The highest BCUT2D eigenvalue weighted by molar-refractivity contribution is 6.00. The van der Waals surface area contributed by atoms with Gasteiger partial charge in [-0.15, -0.1) is 0 Å². The summed E-state index contributed by atoms with van der Waals surface area (Å²) in [6.45, 7) is 6.35. The molecule has 0 saturated carbocycles. The molecule has 0 bridgehead atoms. The number of nitriles is 1. The monoisotopic (exact) mass is 475 g/mol. The van der Waals surface area contributed by atoms with Gasteiger partial charge in [-0.2, -0.15) is 5.26 Å². The van der Waals surface area contributed by atoms with E-state index in [4.69, 9.17) is 4.74 Å². The van der Waals surface area contributed by atoms with Gasteiger partial charge in [0.05, 0.1) is 29.2 Å². The Bertz CT molecular complexity index is 1390. The van der Waals surface area contributed by atoms with Crippen LogP contribution >= 0.6 is 0 Å². The number of carbonyl (C=O) groups excluding carboxylic acids is 2. The number of anilines is 1. The largest absolute Gasteiger partial charge is 0.476 e. The zero-order chi connectivity index (χ0) is 24.9. The average Bonchev–Trinajstić information content (AvgIpc) is 3.16. The van der Waals surface area contributed by atoms with Gasteiger partial charge in [-0.1, -0.05) is 0 Å². The first-order valence-electron chi connectivity index (χ1n) is 11.7. The molecule has 0 spiro atoms. The highest BCUT2D eigenvalue weighted by Gasteiger charge is 2.36. The second kappa shape index (κ2) is 8.69. The van der Waals surface area contributed by atoms with Crippen LogP contribution < -0.4 is 9.64 Å². The maximum absolute atomic E-state index is 15.3. The molecule has 8 nitrogen and oxygen atoms in total. The SMILES string of the molecule is CC(=O)N1CCCC(c2cc(F)c3c(c2)N(Cc2c(C)nc4ccc(C#N)cn24)C(=O)[C@@H](C)O3)C1. The molecule has 5 rings (SSSR count). The van der Waals surface area contributed by atoms with Gasteiger partial charge < -0.3 is 14.0 Å². The number of hydrogen-bond donors (Lipinski definition) is 0. The lowest BCUT2D eigenvalue weighted by molar-refractivity contribution is -0.130. The van der Waals surface area contributed by atoms with E-state index in [0.717, 1.165) is 29.8 Å². The molecule has 1 aromatic carbocycles. The number of piperidine rings is 1. The van der Waals surface area contributed by atoms with Crippen LogP contribution in [-0.4, -0.2) is 45.3 Å². The number of likely N-dealkylation sites (tertiary alicyclic amines) is 1. The van der Waals surface area contributed by atoms with E-state index in [1.54, 1.807) is 41.5 Å². The van der Waals surface area contributed by atoms with E-state index in [-0.39, 0.29) is 30.0 Å². The second-order valence-electron chi connectivity index (χ2n) is 9.24. The van der Waals surface area contributed by atoms with Crippen molar-refractivity contribution in [1.82, 2.24) is 14.3 Å². The van der Waals surface area contributed by atoms with E-state index in [0.29, 0.717) is 30.0 Å². The summed E-state index contributed by atoms with van der Waals surface area (Å²) >= 11 is 0. The molecule has 1 fully saturated rings. The smallest absolute Gasteiger partial charge is 0.268 e. The predicted molar refractivity (Wildman–Crippen MR) is 127 cm³/mol. The number of amides is 2. The number of aryl methyl sites for hydroxylation is 1. The van der Waals surface area contributed by atoms with Gasteiger partial charge in [-0.25, -0.2) is 9.37 Å². The van der Waals surface area contributed by atoms with E-state index < -0.39 is 11.9 Å². The number of fused-ring (bicyclic) bond motifs is 2. The van der Waals surface area contributed by atoms with Crippen LogP contribution in [0.4, 0.5) is 10.1 Å². The van der Waals surface area contributed by atoms with Crippen LogP contribution in [0.15, 0.2) is 30.5 Å². The molecule has 0 aliphatic carbocycles. The molecule has 2 aromatic heterocycles. The number of benzene rings is 1. The van der Waals surface area contributed by atoms with Gasteiger partial charge in [0.1, 0.15) is 11.7 Å². The zero-order valence-corrected chi connectivity index (χ0v) is 19.9. The lowest BCUT2D eigenvalue weighted by Crippen LogP contribution is -2.44. The van der Waals surface area contributed by atoms with E-state index >= 15 is 4.39 Å². The van der Waals surface area contributed by atoms with Gasteiger partial charge in [0, 0.05) is 32.1 Å². The summed E-state index contributed by atoms with van der Waals surface area (Å²) in [6, 6.07) is 8.86. The topological polar surface area (TPSA) is 90.9 Å². The molecular formula is C26H26FN5O3. The Morgan fingerprint density at radius 3 is 2.89 bits per heavy atom. The first kappa shape index (κ1) is 22.8. The number of aromatic nitrogens is 2. The van der Waals surface area contributed by atoms with E-state index in [9.17, 15) is 14.9 Å². The Morgan fingerprint density at radius 2 is 2.14 bits per heavy atom. The first-order valence-corrected chi connectivity index (χ1v) is 11.7. The Hall–Kier alpha value is -3.93. The molecule has 2 amide bonds. The minimum Gasteiger partial charge on any atom is -0.476 e. The summed E-state index contributed by atoms with van der Waals surface area (Å²) in [5.41, 5.74) is 3.70. The molecule has 2 aliphatic heterocycles. The predicted octanol–water partition coefficient (Wildman–Crippen LogP) is 3.69. The normalized spacial score (nSPS) is 19.9. The molecule has 4 heterocycles. The third-order valence-corrected chi connectivity index (χ3v) is 6.94. The van der Waals surface area contributed by atoms with Gasteiger partial charge in [0.2, 0.25) is 5.91 Å². The van der Waals surface area contributed by atoms with E-state index in [1.165, 1.54) is 11.0 Å². The summed E-state index contributed by atoms with van der Waals surface area (Å²) < 4.78 is 22.8. The molecule has 1 saturated heterocycles. The van der Waals surface area contributed by atoms with Crippen LogP contribution in [0.3, 0.4) is 0 Å². The van der Waals surface area contributed by atoms with Crippen molar-refractivity contribution in [3.05, 3.63) is 58.8 Å². The highest BCUT2D eigenvalue weighted by Crippen LogP contribution is 2.41. The number of ether oxygens (including phenoxy) is 1. The lowest BCUT2D eigenvalue weighted by atomic mass is 9.89. The Labute approximate surface area is 202 Å². The van der Waals surface area contributed by atoms with Crippen LogP contribution in [0.25, 0.3) is 5.65 Å². The Kier molecular flexibility index (Phi) is 5.67. The molecule has 180 valence electrons. The van der Waals surface area contributed by atoms with Crippen LogP contribution in [0.5, 0.6) is 5.75 Å². The fourth-order valence-corrected chi connectivity index (χ4v) is 5.03. The molecule has 0 radical (unpaired) electrons. The number of carbonyl (C=O) groups is 2. The number of rotatable bonds is 3. The highest BCUT2D eigenvalue weighted by atomic mass is 19.1. The van der Waals surface area contributed by atoms with Gasteiger partial charge in [-0.05, 0) is 56.5 Å². The number of halogens is 1. The average molecular weight is 476 g/mol. The Balaban J connectivity index is 1.57. The quantitative estimate of drug-likeness (QED) is 0.576. The van der Waals surface area contributed by atoms with Crippen molar-refractivity contribution in [1.29, 1.82) is 5.26 Å². The molecule has 2 aliphatic rings. The maximum Gasteiger partial charge on any atom is 0.268 e. The fraction of sp³-hybridized carbons (Fsp3) is 0.385. The Morgan fingerprint density at radius 1 is 1.34 bits per heavy atom. The summed E-state index contributed by atoms with van der Waals surface area (Å²) in [5, 5.41) is 9.33. The molecule has 0 N–H and O–H groups in total. The van der Waals surface area contributed by atoms with Crippen molar-refractivity contribution in [3.8, 4) is 11.8 Å². The minimum absolute atomic E-state index is 0.00178. The molecule has 1 unspecified atom stereocenters. The number of pyridine rings is 1. The van der Waals surface area contributed by atoms with Crippen molar-refractivity contribution < 1.29 is 18.7 Å². The van der Waals surface area contributed by atoms with Crippen LogP contribution in [0.2, 0.25) is 0 Å². The lowest BCUT2D eigenvalue weighted by Gasteiger charge is -2.36. The molecule has 35 heavy (non-hydrogen) atoms. The van der Waals surface area contributed by atoms with Crippen LogP contribution in [0, 0.1) is 24.1 Å². The summed E-state index contributed by atoms with van der Waals surface area (Å²) in [4.78, 5) is 33.1. The van der Waals surface area contributed by atoms with Crippen LogP contribution in [-0.2, 0) is 16.1 Å². The number of hydrogen-bond acceptors (Lipinski definition) is 5. The number of imidazole rings is 1. The van der Waals surface area contributed by atoms with Gasteiger partial charge in [-0.3, -0.25) is 14.5 Å². The van der Waals surface area contributed by atoms with Gasteiger partial charge in [0.25, 0.3) is 5.91 Å². The van der Waals surface area contributed by atoms with Gasteiger partial charge >= 0.3 is 0 Å². The third-order valence-electron chi connectivity index (χ3n) is 6.94. The molecule has 3 aromatic rings. The number of nitrogens with zero attached hydrogens (tertiary/aromatic N) is 5. The molecule has 2 atom stereocenters. The van der Waals surface area contributed by atoms with Crippen molar-refractivity contribution in [2.75, 3.05) is 18.0 Å². The van der Waals surface area contributed by atoms with Crippen molar-refractivity contribution in [2.24, 2.45) is 0 Å². The van der Waals surface area contributed by atoms with Crippen LogP contribution in [0.1, 0.15) is 55.1 Å². The minimum atomic E-state index is -0.847. The standard InChI is InChI=1S/C26H26FN5O3/c1-15-23(31-12-18(11-28)6-7-24(31)29-15)14-32-22-10-20(19-5-4-8-30(13-19)17(3)33)9-21(27)25(22)35-16(2)26(32)34/h6-7,9-10,12,16,19H,4-5,8,13-14H2,1-3H3/t16-,19?/m1/s1. The van der Waals surface area contributed by atoms with E-state index in [1.807, 2.05) is 13.0 Å². The molecular weight excluding hydrogens is 449 g/mol. The first-order chi connectivity index (χ1) is 16.8. The molecule has 9 heteroatoms. The van der Waals surface area contributed by atoms with Crippen molar-refractivity contribution >= 4 is 23.1 Å². The summed E-state index contributed by atoms with van der Waals surface area (Å²) in [6.07, 6.45) is 2.51. The van der Waals surface area contributed by atoms with E-state index in [2.05, 4.69) is 11.1 Å². The zero-order valence-electron chi connectivity index (χ0n) is 19.9. The van der Waals surface area contributed by atoms with Crippen molar-refractivity contribution in [3.63, 3.8) is 0 Å². The third kappa shape index (κ3) is 3.99.